The summed E-state index contributed by atoms with van der Waals surface area (Å²) in [4.78, 5) is 19.5. The molecule has 1 aliphatic rings. The number of nitrogens with one attached hydrogen (secondary N) is 1. The van der Waals surface area contributed by atoms with Gasteiger partial charge in [0.2, 0.25) is 0 Å². The molecule has 0 saturated carbocycles. The predicted octanol–water partition coefficient (Wildman–Crippen LogP) is 2.43. The number of rotatable bonds is 5. The molecule has 1 fully saturated rings. The fourth-order valence-corrected chi connectivity index (χ4v) is 3.38. The highest BCUT2D eigenvalue weighted by Crippen LogP contribution is 2.26. The number of hydrogen-bond donors (Lipinski definition) is 1. The average Bonchev–Trinajstić information content (AvgIpc) is 2.68. The molecule has 2 aromatic carbocycles. The van der Waals surface area contributed by atoms with E-state index in [1.807, 2.05) is 61.6 Å². The van der Waals surface area contributed by atoms with Crippen LogP contribution in [-0.2, 0) is 0 Å². The first-order valence-electron chi connectivity index (χ1n) is 9.11. The van der Waals surface area contributed by atoms with E-state index in [1.54, 1.807) is 0 Å². The number of hydrogen-bond acceptors (Lipinski definition) is 4. The summed E-state index contributed by atoms with van der Waals surface area (Å²) >= 11 is 0. The largest absolute Gasteiger partial charge is 0.350 e. The van der Waals surface area contributed by atoms with E-state index in [4.69, 9.17) is 0 Å². The molecule has 1 unspecified atom stereocenters. The third-order valence-corrected chi connectivity index (χ3v) is 5.13. The second-order valence-corrected chi connectivity index (χ2v) is 7.02. The number of carbonyl (C=O) groups is 1. The van der Waals surface area contributed by atoms with Crippen LogP contribution in [0.3, 0.4) is 0 Å². The maximum absolute atomic E-state index is 12.9. The minimum atomic E-state index is -0.0231. The predicted molar refractivity (Wildman–Crippen MR) is 107 cm³/mol. The summed E-state index contributed by atoms with van der Waals surface area (Å²) in [5, 5.41) is 3.13. The number of anilines is 2. The van der Waals surface area contributed by atoms with Crippen molar-refractivity contribution >= 4 is 17.3 Å². The lowest BCUT2D eigenvalue weighted by atomic mass is 10.1. The molecule has 1 atom stereocenters. The van der Waals surface area contributed by atoms with Crippen molar-refractivity contribution in [3.05, 3.63) is 60.2 Å². The van der Waals surface area contributed by atoms with Crippen LogP contribution in [0.15, 0.2) is 54.6 Å². The number of piperazine rings is 1. The first-order valence-corrected chi connectivity index (χ1v) is 9.11. The van der Waals surface area contributed by atoms with E-state index in [2.05, 4.69) is 34.1 Å². The van der Waals surface area contributed by atoms with Gasteiger partial charge in [0.1, 0.15) is 0 Å². The number of nitrogens with zero attached hydrogens (tertiary/aromatic N) is 3. The summed E-state index contributed by atoms with van der Waals surface area (Å²) < 4.78 is 0. The molecule has 1 N–H and O–H groups in total. The van der Waals surface area contributed by atoms with Crippen LogP contribution in [0.1, 0.15) is 10.4 Å². The van der Waals surface area contributed by atoms with E-state index >= 15 is 0 Å². The molecule has 1 heterocycles. The summed E-state index contributed by atoms with van der Waals surface area (Å²) in [5.41, 5.74) is 2.66. The van der Waals surface area contributed by atoms with Gasteiger partial charge in [-0.05, 0) is 38.4 Å². The van der Waals surface area contributed by atoms with E-state index in [1.165, 1.54) is 0 Å². The molecule has 3 rings (SSSR count). The lowest BCUT2D eigenvalue weighted by Crippen LogP contribution is -2.54. The maximum atomic E-state index is 12.9. The van der Waals surface area contributed by atoms with Gasteiger partial charge < -0.3 is 15.1 Å². The Morgan fingerprint density at radius 1 is 1.08 bits per heavy atom. The van der Waals surface area contributed by atoms with Crippen molar-refractivity contribution in [1.82, 2.24) is 15.1 Å². The number of carbonyl (C=O) groups excluding carboxylic acids is 1. The van der Waals surface area contributed by atoms with Gasteiger partial charge in [-0.2, -0.15) is 0 Å². The number of amides is 1. The minimum absolute atomic E-state index is 0.0231. The van der Waals surface area contributed by atoms with Gasteiger partial charge in [0.15, 0.2) is 0 Å². The summed E-state index contributed by atoms with van der Waals surface area (Å²) in [6.45, 7) is 3.74. The molecule has 0 bridgehead atoms. The number of benzene rings is 2. The normalized spacial score (nSPS) is 18.5. The minimum Gasteiger partial charge on any atom is -0.350 e. The van der Waals surface area contributed by atoms with Crippen LogP contribution in [0.5, 0.6) is 0 Å². The van der Waals surface area contributed by atoms with E-state index in [9.17, 15) is 4.79 Å². The third kappa shape index (κ3) is 4.23. The first kappa shape index (κ1) is 18.4. The van der Waals surface area contributed by atoms with Crippen LogP contribution in [0.25, 0.3) is 0 Å². The summed E-state index contributed by atoms with van der Waals surface area (Å²) in [7, 11) is 6.25. The smallest absolute Gasteiger partial charge is 0.253 e. The van der Waals surface area contributed by atoms with Crippen LogP contribution >= 0.6 is 0 Å². The molecule has 1 saturated heterocycles. The summed E-state index contributed by atoms with van der Waals surface area (Å²) in [6, 6.07) is 18.2. The Labute approximate surface area is 156 Å². The monoisotopic (exact) mass is 352 g/mol. The van der Waals surface area contributed by atoms with Gasteiger partial charge in [-0.25, -0.2) is 0 Å². The van der Waals surface area contributed by atoms with E-state index in [-0.39, 0.29) is 5.91 Å². The molecule has 138 valence electrons. The Hall–Kier alpha value is -2.37. The highest BCUT2D eigenvalue weighted by molar-refractivity contribution is 6.00. The Morgan fingerprint density at radius 3 is 2.54 bits per heavy atom. The third-order valence-electron chi connectivity index (χ3n) is 5.13. The number of para-hydroxylation sites is 2. The van der Waals surface area contributed by atoms with Crippen molar-refractivity contribution < 1.29 is 4.79 Å². The van der Waals surface area contributed by atoms with Crippen molar-refractivity contribution in [3.63, 3.8) is 0 Å². The van der Waals surface area contributed by atoms with Crippen LogP contribution in [0, 0.1) is 0 Å². The lowest BCUT2D eigenvalue weighted by molar-refractivity contribution is 0.0881. The topological polar surface area (TPSA) is 38.8 Å². The molecule has 1 aliphatic heterocycles. The highest BCUT2D eigenvalue weighted by Gasteiger charge is 2.23. The molecule has 0 aromatic heterocycles. The SMILES string of the molecule is CN1CCN(C)C(CNC(=O)c2ccccc2N(C)c2ccccc2)C1. The molecular formula is C21H28N4O. The highest BCUT2D eigenvalue weighted by atomic mass is 16.1. The van der Waals surface area contributed by atoms with Crippen LogP contribution in [-0.4, -0.2) is 69.1 Å². The molecule has 5 heteroatoms. The zero-order valence-corrected chi connectivity index (χ0v) is 15.9. The van der Waals surface area contributed by atoms with Crippen LogP contribution in [0.4, 0.5) is 11.4 Å². The van der Waals surface area contributed by atoms with Crippen molar-refractivity contribution in [1.29, 1.82) is 0 Å². The van der Waals surface area contributed by atoms with Crippen molar-refractivity contribution in [2.75, 3.05) is 52.2 Å². The molecular weight excluding hydrogens is 324 g/mol. The molecule has 2 aromatic rings. The molecule has 5 nitrogen and oxygen atoms in total. The van der Waals surface area contributed by atoms with E-state index < -0.39 is 0 Å². The molecule has 26 heavy (non-hydrogen) atoms. The second-order valence-electron chi connectivity index (χ2n) is 7.02. The van der Waals surface area contributed by atoms with Crippen molar-refractivity contribution in [3.8, 4) is 0 Å². The summed E-state index contributed by atoms with van der Waals surface area (Å²) in [6.07, 6.45) is 0. The first-order chi connectivity index (χ1) is 12.6. The van der Waals surface area contributed by atoms with Gasteiger partial charge in [0.05, 0.1) is 11.3 Å². The Morgan fingerprint density at radius 2 is 1.77 bits per heavy atom. The van der Waals surface area contributed by atoms with Crippen LogP contribution < -0.4 is 10.2 Å². The Kier molecular flexibility index (Phi) is 5.91. The zero-order valence-electron chi connectivity index (χ0n) is 15.9. The zero-order chi connectivity index (χ0) is 18.5. The van der Waals surface area contributed by atoms with E-state index in [0.717, 1.165) is 31.0 Å². The fourth-order valence-electron chi connectivity index (χ4n) is 3.38. The lowest BCUT2D eigenvalue weighted by Gasteiger charge is -2.37. The molecule has 0 aliphatic carbocycles. The van der Waals surface area contributed by atoms with Gasteiger partial charge in [-0.1, -0.05) is 30.3 Å². The Balaban J connectivity index is 1.72. The molecule has 1 amide bonds. The molecule has 0 spiro atoms. The summed E-state index contributed by atoms with van der Waals surface area (Å²) in [5.74, 6) is -0.0231. The van der Waals surface area contributed by atoms with Crippen molar-refractivity contribution in [2.45, 2.75) is 6.04 Å². The Bertz CT molecular complexity index is 734. The van der Waals surface area contributed by atoms with Gasteiger partial charge in [-0.3, -0.25) is 9.69 Å². The van der Waals surface area contributed by atoms with E-state index in [0.29, 0.717) is 18.2 Å². The average molecular weight is 352 g/mol. The number of likely N-dealkylation sites (N-methyl/N-ethyl adjacent to an activating group) is 2. The fraction of sp³-hybridized carbons (Fsp3) is 0.381. The molecule has 0 radical (unpaired) electrons. The van der Waals surface area contributed by atoms with Gasteiger partial charge in [0.25, 0.3) is 5.91 Å². The van der Waals surface area contributed by atoms with Gasteiger partial charge in [0, 0.05) is 45.0 Å². The second kappa shape index (κ2) is 8.34. The maximum Gasteiger partial charge on any atom is 0.253 e. The quantitative estimate of drug-likeness (QED) is 0.897. The standard InChI is InChI=1S/C21H28N4O/c1-23-13-14-24(2)18(16-23)15-22-21(26)19-11-7-8-12-20(19)25(3)17-9-5-4-6-10-17/h4-12,18H,13-16H2,1-3H3,(H,22,26). The van der Waals surface area contributed by atoms with Gasteiger partial charge in [-0.15, -0.1) is 0 Å². The van der Waals surface area contributed by atoms with Gasteiger partial charge >= 0.3 is 0 Å². The van der Waals surface area contributed by atoms with Crippen LogP contribution in [0.2, 0.25) is 0 Å². The van der Waals surface area contributed by atoms with Crippen molar-refractivity contribution in [2.24, 2.45) is 0 Å².